The summed E-state index contributed by atoms with van der Waals surface area (Å²) in [7, 11) is 1.77. The maximum Gasteiger partial charge on any atom is 0.128 e. The SMILES string of the molecule is COC1(C(NN)c2c(C)ccnc2N)CCC(C)CC1. The van der Waals surface area contributed by atoms with E-state index in [1.807, 2.05) is 13.0 Å². The second-order valence-electron chi connectivity index (χ2n) is 5.98. The van der Waals surface area contributed by atoms with Gasteiger partial charge in [-0.25, -0.2) is 10.4 Å². The standard InChI is InChI=1S/C15H26N4O/c1-10-4-7-15(20-3,8-5-10)13(19-17)12-11(2)6-9-18-14(12)16/h6,9-10,13,19H,4-5,7-8,17H2,1-3H3,(H2,16,18). The van der Waals surface area contributed by atoms with Gasteiger partial charge in [-0.15, -0.1) is 0 Å². The number of methoxy groups -OCH3 is 1. The first-order valence-electron chi connectivity index (χ1n) is 7.26. The van der Waals surface area contributed by atoms with Crippen LogP contribution in [0.5, 0.6) is 0 Å². The van der Waals surface area contributed by atoms with Crippen molar-refractivity contribution in [3.63, 3.8) is 0 Å². The van der Waals surface area contributed by atoms with Gasteiger partial charge in [-0.1, -0.05) is 6.92 Å². The molecule has 1 aromatic rings. The highest BCUT2D eigenvalue weighted by molar-refractivity contribution is 5.47. The number of rotatable bonds is 4. The molecule has 1 saturated carbocycles. The van der Waals surface area contributed by atoms with Gasteiger partial charge in [-0.2, -0.15) is 0 Å². The zero-order valence-corrected chi connectivity index (χ0v) is 12.6. The van der Waals surface area contributed by atoms with E-state index in [1.54, 1.807) is 13.3 Å². The molecule has 1 atom stereocenters. The second kappa shape index (κ2) is 6.08. The lowest BCUT2D eigenvalue weighted by Gasteiger charge is -2.44. The van der Waals surface area contributed by atoms with Crippen molar-refractivity contribution in [3.05, 3.63) is 23.4 Å². The summed E-state index contributed by atoms with van der Waals surface area (Å²) in [6.07, 6.45) is 5.97. The third kappa shape index (κ3) is 2.66. The normalized spacial score (nSPS) is 28.3. The van der Waals surface area contributed by atoms with Gasteiger partial charge < -0.3 is 10.5 Å². The van der Waals surface area contributed by atoms with Gasteiger partial charge in [0.25, 0.3) is 0 Å². The number of hydrogen-bond acceptors (Lipinski definition) is 5. The Bertz CT molecular complexity index is 435. The molecular weight excluding hydrogens is 252 g/mol. The Morgan fingerprint density at radius 2 is 2.10 bits per heavy atom. The van der Waals surface area contributed by atoms with E-state index in [1.165, 1.54) is 0 Å². The van der Waals surface area contributed by atoms with E-state index in [0.717, 1.165) is 42.7 Å². The molecule has 1 heterocycles. The molecule has 0 spiro atoms. The van der Waals surface area contributed by atoms with Crippen LogP contribution >= 0.6 is 0 Å². The van der Waals surface area contributed by atoms with Crippen LogP contribution in [0.4, 0.5) is 5.82 Å². The first-order valence-corrected chi connectivity index (χ1v) is 7.26. The van der Waals surface area contributed by atoms with Crippen LogP contribution in [0.1, 0.15) is 49.8 Å². The minimum absolute atomic E-state index is 0.131. The highest BCUT2D eigenvalue weighted by Gasteiger charge is 2.43. The van der Waals surface area contributed by atoms with E-state index >= 15 is 0 Å². The topological polar surface area (TPSA) is 86.2 Å². The molecule has 20 heavy (non-hydrogen) atoms. The van der Waals surface area contributed by atoms with Crippen LogP contribution in [0.2, 0.25) is 0 Å². The van der Waals surface area contributed by atoms with Crippen LogP contribution in [0.15, 0.2) is 12.3 Å². The zero-order valence-electron chi connectivity index (χ0n) is 12.6. The van der Waals surface area contributed by atoms with E-state index < -0.39 is 0 Å². The largest absolute Gasteiger partial charge is 0.383 e. The van der Waals surface area contributed by atoms with Crippen molar-refractivity contribution >= 4 is 5.82 Å². The number of nitrogens with two attached hydrogens (primary N) is 2. The summed E-state index contributed by atoms with van der Waals surface area (Å²) in [5, 5.41) is 0. The first-order chi connectivity index (χ1) is 9.54. The molecule has 1 aromatic heterocycles. The number of nitrogen functional groups attached to an aromatic ring is 1. The predicted octanol–water partition coefficient (Wildman–Crippen LogP) is 2.07. The molecular formula is C15H26N4O. The van der Waals surface area contributed by atoms with Gasteiger partial charge in [0.15, 0.2) is 0 Å². The Balaban J connectivity index is 2.40. The lowest BCUT2D eigenvalue weighted by Crippen LogP contribution is -2.50. The van der Waals surface area contributed by atoms with Crippen molar-refractivity contribution < 1.29 is 4.74 Å². The van der Waals surface area contributed by atoms with Crippen molar-refractivity contribution in [2.75, 3.05) is 12.8 Å². The highest BCUT2D eigenvalue weighted by atomic mass is 16.5. The minimum atomic E-state index is -0.302. The summed E-state index contributed by atoms with van der Waals surface area (Å²) in [6, 6.07) is 1.83. The Morgan fingerprint density at radius 1 is 1.45 bits per heavy atom. The first kappa shape index (κ1) is 15.2. The predicted molar refractivity (Wildman–Crippen MR) is 80.8 cm³/mol. The molecule has 0 aliphatic heterocycles. The van der Waals surface area contributed by atoms with Crippen LogP contribution < -0.4 is 17.0 Å². The Hall–Kier alpha value is -1.17. The molecule has 5 nitrogen and oxygen atoms in total. The molecule has 112 valence electrons. The summed E-state index contributed by atoms with van der Waals surface area (Å²) in [4.78, 5) is 4.21. The van der Waals surface area contributed by atoms with Gasteiger partial charge in [-0.3, -0.25) is 5.84 Å². The van der Waals surface area contributed by atoms with Crippen LogP contribution in [0, 0.1) is 12.8 Å². The number of aromatic nitrogens is 1. The number of nitrogens with zero attached hydrogens (tertiary/aromatic N) is 1. The minimum Gasteiger partial charge on any atom is -0.383 e. The van der Waals surface area contributed by atoms with Crippen molar-refractivity contribution in [1.82, 2.24) is 10.4 Å². The van der Waals surface area contributed by atoms with Crippen molar-refractivity contribution in [3.8, 4) is 0 Å². The summed E-state index contributed by atoms with van der Waals surface area (Å²) in [6.45, 7) is 4.32. The molecule has 0 bridgehead atoms. The Labute approximate surface area is 121 Å². The van der Waals surface area contributed by atoms with Crippen molar-refractivity contribution in [2.45, 2.75) is 51.2 Å². The third-order valence-corrected chi connectivity index (χ3v) is 4.75. The lowest BCUT2D eigenvalue weighted by molar-refractivity contribution is -0.0761. The Kier molecular flexibility index (Phi) is 4.62. The lowest BCUT2D eigenvalue weighted by atomic mass is 9.73. The molecule has 1 fully saturated rings. The number of pyridine rings is 1. The molecule has 5 heteroatoms. The maximum absolute atomic E-state index is 6.08. The van der Waals surface area contributed by atoms with E-state index in [2.05, 4.69) is 17.3 Å². The van der Waals surface area contributed by atoms with Crippen LogP contribution in [0.3, 0.4) is 0 Å². The molecule has 2 rings (SSSR count). The second-order valence-corrected chi connectivity index (χ2v) is 5.98. The number of anilines is 1. The molecule has 1 aliphatic rings. The number of aryl methyl sites for hydroxylation is 1. The van der Waals surface area contributed by atoms with Gasteiger partial charge >= 0.3 is 0 Å². The monoisotopic (exact) mass is 278 g/mol. The fraction of sp³-hybridized carbons (Fsp3) is 0.667. The molecule has 0 saturated heterocycles. The fourth-order valence-corrected chi connectivity index (χ4v) is 3.33. The van der Waals surface area contributed by atoms with Gasteiger partial charge in [0, 0.05) is 18.9 Å². The molecule has 0 aromatic carbocycles. The van der Waals surface area contributed by atoms with Gasteiger partial charge in [0.05, 0.1) is 11.6 Å². The van der Waals surface area contributed by atoms with E-state index in [0.29, 0.717) is 5.82 Å². The molecule has 0 amide bonds. The van der Waals surface area contributed by atoms with Crippen LogP contribution in [-0.4, -0.2) is 17.7 Å². The van der Waals surface area contributed by atoms with Gasteiger partial charge in [-0.05, 0) is 50.2 Å². The number of ether oxygens (including phenoxy) is 1. The Morgan fingerprint density at radius 3 is 2.60 bits per heavy atom. The zero-order chi connectivity index (χ0) is 14.8. The summed E-state index contributed by atoms with van der Waals surface area (Å²) in [5.74, 6) is 7.13. The number of hydrogen-bond donors (Lipinski definition) is 3. The van der Waals surface area contributed by atoms with Gasteiger partial charge in [0.1, 0.15) is 5.82 Å². The van der Waals surface area contributed by atoms with Gasteiger partial charge in [0.2, 0.25) is 0 Å². The van der Waals surface area contributed by atoms with Crippen LogP contribution in [-0.2, 0) is 4.74 Å². The molecule has 5 N–H and O–H groups in total. The number of nitrogens with one attached hydrogen (secondary N) is 1. The summed E-state index contributed by atoms with van der Waals surface area (Å²) in [5.41, 5.74) is 10.8. The number of hydrazine groups is 1. The van der Waals surface area contributed by atoms with E-state index in [-0.39, 0.29) is 11.6 Å². The van der Waals surface area contributed by atoms with E-state index in [9.17, 15) is 0 Å². The smallest absolute Gasteiger partial charge is 0.128 e. The average molecular weight is 278 g/mol. The van der Waals surface area contributed by atoms with Crippen LogP contribution in [0.25, 0.3) is 0 Å². The molecule has 1 aliphatic carbocycles. The summed E-state index contributed by atoms with van der Waals surface area (Å²) >= 11 is 0. The van der Waals surface area contributed by atoms with Crippen molar-refractivity contribution in [2.24, 2.45) is 11.8 Å². The fourth-order valence-electron chi connectivity index (χ4n) is 3.33. The third-order valence-electron chi connectivity index (χ3n) is 4.75. The van der Waals surface area contributed by atoms with Crippen molar-refractivity contribution in [1.29, 1.82) is 0 Å². The highest BCUT2D eigenvalue weighted by Crippen LogP contribution is 2.44. The summed E-state index contributed by atoms with van der Waals surface area (Å²) < 4.78 is 5.92. The molecule has 1 unspecified atom stereocenters. The quantitative estimate of drug-likeness (QED) is 0.580. The maximum atomic E-state index is 6.08. The van der Waals surface area contributed by atoms with E-state index in [4.69, 9.17) is 16.3 Å². The average Bonchev–Trinajstić information content (AvgIpc) is 2.45. The molecule has 0 radical (unpaired) electrons.